The summed E-state index contributed by atoms with van der Waals surface area (Å²) in [7, 11) is 1.61. The minimum absolute atomic E-state index is 0.0792. The minimum Gasteiger partial charge on any atom is -0.497 e. The monoisotopic (exact) mass is 324 g/mol. The summed E-state index contributed by atoms with van der Waals surface area (Å²) in [4.78, 5) is 16.6. The lowest BCUT2D eigenvalue weighted by Crippen LogP contribution is -2.24. The standard InChI is InChI=1S/C19H20N2O3/c1-12(2)17(19(22)23)21-16-10-5-4-9-15(16)20-18(21)13-7-6-8-14(11-13)24-3/h4-12,17H,1-3H3,(H,22,23). The highest BCUT2D eigenvalue weighted by atomic mass is 16.5. The van der Waals surface area contributed by atoms with E-state index in [9.17, 15) is 9.90 Å². The molecule has 0 saturated heterocycles. The SMILES string of the molecule is COc1cccc(-c2nc3ccccc3n2C(C(=O)O)C(C)C)c1. The van der Waals surface area contributed by atoms with Crippen molar-refractivity contribution in [2.75, 3.05) is 7.11 Å². The highest BCUT2D eigenvalue weighted by Crippen LogP contribution is 2.33. The molecule has 1 unspecified atom stereocenters. The van der Waals surface area contributed by atoms with E-state index in [1.165, 1.54) is 0 Å². The molecular formula is C19H20N2O3. The number of methoxy groups -OCH3 is 1. The van der Waals surface area contributed by atoms with Crippen LogP contribution in [0.2, 0.25) is 0 Å². The lowest BCUT2D eigenvalue weighted by atomic mass is 10.0. The average molecular weight is 324 g/mol. The van der Waals surface area contributed by atoms with Gasteiger partial charge in [0.2, 0.25) is 0 Å². The summed E-state index contributed by atoms with van der Waals surface area (Å²) in [6.45, 7) is 3.81. The number of nitrogens with zero attached hydrogens (tertiary/aromatic N) is 2. The number of carboxylic acids is 1. The number of hydrogen-bond acceptors (Lipinski definition) is 3. The third kappa shape index (κ3) is 2.73. The lowest BCUT2D eigenvalue weighted by molar-refractivity contribution is -0.142. The molecule has 0 fully saturated rings. The summed E-state index contributed by atoms with van der Waals surface area (Å²) in [6, 6.07) is 14.4. The Labute approximate surface area is 140 Å². The fourth-order valence-corrected chi connectivity index (χ4v) is 2.99. The molecule has 0 aliphatic carbocycles. The normalized spacial score (nSPS) is 12.5. The Balaban J connectivity index is 2.31. The number of fused-ring (bicyclic) bond motifs is 1. The summed E-state index contributed by atoms with van der Waals surface area (Å²) in [6.07, 6.45) is 0. The molecule has 2 aromatic carbocycles. The molecule has 124 valence electrons. The molecule has 1 N–H and O–H groups in total. The molecule has 0 saturated carbocycles. The van der Waals surface area contributed by atoms with Gasteiger partial charge in [0.1, 0.15) is 17.6 Å². The van der Waals surface area contributed by atoms with Gasteiger partial charge in [-0.1, -0.05) is 38.1 Å². The summed E-state index contributed by atoms with van der Waals surface area (Å²) in [5.41, 5.74) is 2.43. The Morgan fingerprint density at radius 2 is 1.92 bits per heavy atom. The Kier molecular flexibility index (Phi) is 4.25. The van der Waals surface area contributed by atoms with Crippen molar-refractivity contribution in [2.45, 2.75) is 19.9 Å². The van der Waals surface area contributed by atoms with E-state index in [0.29, 0.717) is 11.6 Å². The summed E-state index contributed by atoms with van der Waals surface area (Å²) in [5, 5.41) is 9.77. The number of aliphatic carboxylic acids is 1. The Hall–Kier alpha value is -2.82. The van der Waals surface area contributed by atoms with Crippen LogP contribution in [-0.4, -0.2) is 27.7 Å². The van der Waals surface area contributed by atoms with Crippen molar-refractivity contribution in [3.05, 3.63) is 48.5 Å². The predicted octanol–water partition coefficient (Wildman–Crippen LogP) is 3.99. The molecule has 1 heterocycles. The van der Waals surface area contributed by atoms with Gasteiger partial charge in [0.15, 0.2) is 0 Å². The van der Waals surface area contributed by atoms with Crippen molar-refractivity contribution in [3.8, 4) is 17.1 Å². The van der Waals surface area contributed by atoms with Gasteiger partial charge in [0.25, 0.3) is 0 Å². The molecule has 0 bridgehead atoms. The molecule has 0 radical (unpaired) electrons. The highest BCUT2D eigenvalue weighted by Gasteiger charge is 2.28. The fourth-order valence-electron chi connectivity index (χ4n) is 2.99. The Morgan fingerprint density at radius 3 is 2.58 bits per heavy atom. The van der Waals surface area contributed by atoms with E-state index in [2.05, 4.69) is 4.98 Å². The maximum atomic E-state index is 11.9. The van der Waals surface area contributed by atoms with Crippen LogP contribution >= 0.6 is 0 Å². The number of benzene rings is 2. The molecule has 0 amide bonds. The van der Waals surface area contributed by atoms with Gasteiger partial charge >= 0.3 is 5.97 Å². The molecule has 3 rings (SSSR count). The first-order chi connectivity index (χ1) is 11.5. The zero-order chi connectivity index (χ0) is 17.3. The highest BCUT2D eigenvalue weighted by molar-refractivity contribution is 5.84. The first kappa shape index (κ1) is 16.1. The van der Waals surface area contributed by atoms with Gasteiger partial charge in [-0.3, -0.25) is 0 Å². The van der Waals surface area contributed by atoms with Crippen LogP contribution in [0.15, 0.2) is 48.5 Å². The largest absolute Gasteiger partial charge is 0.497 e. The van der Waals surface area contributed by atoms with Crippen LogP contribution in [0.1, 0.15) is 19.9 Å². The molecule has 1 aromatic heterocycles. The zero-order valence-corrected chi connectivity index (χ0v) is 13.9. The summed E-state index contributed by atoms with van der Waals surface area (Å²) < 4.78 is 7.11. The summed E-state index contributed by atoms with van der Waals surface area (Å²) in [5.74, 6) is 0.403. The third-order valence-corrected chi connectivity index (χ3v) is 4.09. The van der Waals surface area contributed by atoms with Gasteiger partial charge < -0.3 is 14.4 Å². The number of aromatic nitrogens is 2. The van der Waals surface area contributed by atoms with Gasteiger partial charge in [-0.15, -0.1) is 0 Å². The topological polar surface area (TPSA) is 64.4 Å². The quantitative estimate of drug-likeness (QED) is 0.770. The van der Waals surface area contributed by atoms with Gasteiger partial charge in [-0.25, -0.2) is 9.78 Å². The number of carbonyl (C=O) groups is 1. The zero-order valence-electron chi connectivity index (χ0n) is 13.9. The molecule has 24 heavy (non-hydrogen) atoms. The number of carboxylic acid groups (broad SMARTS) is 1. The first-order valence-electron chi connectivity index (χ1n) is 7.87. The Bertz CT molecular complexity index is 883. The van der Waals surface area contributed by atoms with Gasteiger partial charge in [-0.05, 0) is 30.2 Å². The molecule has 5 heteroatoms. The molecule has 0 aliphatic heterocycles. The van der Waals surface area contributed by atoms with Crippen molar-refractivity contribution in [2.24, 2.45) is 5.92 Å². The molecule has 1 atom stereocenters. The van der Waals surface area contributed by atoms with Crippen LogP contribution < -0.4 is 4.74 Å². The maximum Gasteiger partial charge on any atom is 0.327 e. The molecule has 0 aliphatic rings. The smallest absolute Gasteiger partial charge is 0.327 e. The number of hydrogen-bond donors (Lipinski definition) is 1. The van der Waals surface area contributed by atoms with Gasteiger partial charge in [-0.2, -0.15) is 0 Å². The van der Waals surface area contributed by atoms with E-state index < -0.39 is 12.0 Å². The molecule has 3 aromatic rings. The van der Waals surface area contributed by atoms with Crippen LogP contribution in [0.4, 0.5) is 0 Å². The number of rotatable bonds is 5. The van der Waals surface area contributed by atoms with Crippen molar-refractivity contribution in [3.63, 3.8) is 0 Å². The second-order valence-electron chi connectivity index (χ2n) is 6.05. The van der Waals surface area contributed by atoms with Gasteiger partial charge in [0.05, 0.1) is 18.1 Å². The van der Waals surface area contributed by atoms with Crippen LogP contribution in [0.3, 0.4) is 0 Å². The van der Waals surface area contributed by atoms with E-state index in [-0.39, 0.29) is 5.92 Å². The first-order valence-corrected chi connectivity index (χ1v) is 7.87. The van der Waals surface area contributed by atoms with E-state index >= 15 is 0 Å². The molecule has 5 nitrogen and oxygen atoms in total. The summed E-state index contributed by atoms with van der Waals surface area (Å²) >= 11 is 0. The number of imidazole rings is 1. The Morgan fingerprint density at radius 1 is 1.17 bits per heavy atom. The minimum atomic E-state index is -0.864. The van der Waals surface area contributed by atoms with E-state index in [0.717, 1.165) is 16.6 Å². The van der Waals surface area contributed by atoms with Crippen LogP contribution in [0.5, 0.6) is 5.75 Å². The molecular weight excluding hydrogens is 304 g/mol. The average Bonchev–Trinajstić information content (AvgIpc) is 2.94. The number of para-hydroxylation sites is 2. The van der Waals surface area contributed by atoms with Crippen molar-refractivity contribution in [1.82, 2.24) is 9.55 Å². The molecule has 0 spiro atoms. The van der Waals surface area contributed by atoms with E-state index in [1.807, 2.05) is 66.9 Å². The van der Waals surface area contributed by atoms with Crippen LogP contribution in [0, 0.1) is 5.92 Å². The predicted molar refractivity (Wildman–Crippen MR) is 93.2 cm³/mol. The van der Waals surface area contributed by atoms with Crippen molar-refractivity contribution in [1.29, 1.82) is 0 Å². The van der Waals surface area contributed by atoms with Crippen LogP contribution in [0.25, 0.3) is 22.4 Å². The van der Waals surface area contributed by atoms with Crippen molar-refractivity contribution >= 4 is 17.0 Å². The third-order valence-electron chi connectivity index (χ3n) is 4.09. The van der Waals surface area contributed by atoms with Crippen LogP contribution in [-0.2, 0) is 4.79 Å². The lowest BCUT2D eigenvalue weighted by Gasteiger charge is -2.21. The second kappa shape index (κ2) is 6.35. The van der Waals surface area contributed by atoms with E-state index in [4.69, 9.17) is 4.74 Å². The van der Waals surface area contributed by atoms with Gasteiger partial charge in [0, 0.05) is 5.56 Å². The van der Waals surface area contributed by atoms with E-state index in [1.54, 1.807) is 7.11 Å². The second-order valence-corrected chi connectivity index (χ2v) is 6.05. The fraction of sp³-hybridized carbons (Fsp3) is 0.263. The number of ether oxygens (including phenoxy) is 1. The maximum absolute atomic E-state index is 11.9. The van der Waals surface area contributed by atoms with Crippen molar-refractivity contribution < 1.29 is 14.6 Å².